The van der Waals surface area contributed by atoms with Crippen LogP contribution in [0.15, 0.2) is 24.3 Å². The standard InChI is InChI=1S/C19H30N2O2/c1-14(2)21-10-8-16(9-11-21)12-19(23)20-13-18(22)17-7-5-4-6-15(17)3/h4-7,14,16,18,22H,8-13H2,1-3H3,(H,20,23)/t18-/m1/s1. The third kappa shape index (κ3) is 5.33. The number of aliphatic hydroxyl groups is 1. The Balaban J connectivity index is 1.72. The fourth-order valence-corrected chi connectivity index (χ4v) is 3.29. The summed E-state index contributed by atoms with van der Waals surface area (Å²) >= 11 is 0. The molecule has 1 aromatic carbocycles. The maximum Gasteiger partial charge on any atom is 0.220 e. The van der Waals surface area contributed by atoms with Gasteiger partial charge in [-0.05, 0) is 63.7 Å². The van der Waals surface area contributed by atoms with Gasteiger partial charge in [0.25, 0.3) is 0 Å². The largest absolute Gasteiger partial charge is 0.387 e. The van der Waals surface area contributed by atoms with Crippen LogP contribution in [0.25, 0.3) is 0 Å². The summed E-state index contributed by atoms with van der Waals surface area (Å²) in [6.07, 6.45) is 2.12. The minimum Gasteiger partial charge on any atom is -0.387 e. The van der Waals surface area contributed by atoms with Crippen LogP contribution in [0.1, 0.15) is 50.3 Å². The lowest BCUT2D eigenvalue weighted by molar-refractivity contribution is -0.122. The van der Waals surface area contributed by atoms with Gasteiger partial charge in [0.1, 0.15) is 0 Å². The van der Waals surface area contributed by atoms with Crippen molar-refractivity contribution in [3.63, 3.8) is 0 Å². The van der Waals surface area contributed by atoms with Gasteiger partial charge in [-0.25, -0.2) is 0 Å². The third-order valence-corrected chi connectivity index (χ3v) is 4.89. The van der Waals surface area contributed by atoms with Gasteiger partial charge < -0.3 is 15.3 Å². The first-order valence-electron chi connectivity index (χ1n) is 8.71. The van der Waals surface area contributed by atoms with Gasteiger partial charge in [-0.2, -0.15) is 0 Å². The lowest BCUT2D eigenvalue weighted by atomic mass is 9.92. The van der Waals surface area contributed by atoms with Gasteiger partial charge in [0.15, 0.2) is 0 Å². The molecule has 0 spiro atoms. The molecule has 1 amide bonds. The number of aryl methyl sites for hydroxylation is 1. The van der Waals surface area contributed by atoms with Gasteiger partial charge in [-0.15, -0.1) is 0 Å². The van der Waals surface area contributed by atoms with Crippen LogP contribution in [0.2, 0.25) is 0 Å². The van der Waals surface area contributed by atoms with Crippen molar-refractivity contribution < 1.29 is 9.90 Å². The van der Waals surface area contributed by atoms with Crippen LogP contribution in [-0.4, -0.2) is 41.6 Å². The Hall–Kier alpha value is -1.39. The average molecular weight is 318 g/mol. The quantitative estimate of drug-likeness (QED) is 0.848. The first-order valence-corrected chi connectivity index (χ1v) is 8.71. The maximum atomic E-state index is 12.1. The molecule has 2 N–H and O–H groups in total. The minimum atomic E-state index is -0.636. The molecule has 0 saturated carbocycles. The molecule has 0 aromatic heterocycles. The fraction of sp³-hybridized carbons (Fsp3) is 0.632. The van der Waals surface area contributed by atoms with E-state index in [0.717, 1.165) is 37.1 Å². The molecule has 1 heterocycles. The number of nitrogens with zero attached hydrogens (tertiary/aromatic N) is 1. The molecule has 4 nitrogen and oxygen atoms in total. The Bertz CT molecular complexity index is 508. The van der Waals surface area contributed by atoms with Crippen molar-refractivity contribution in [2.24, 2.45) is 5.92 Å². The number of nitrogens with one attached hydrogen (secondary N) is 1. The van der Waals surface area contributed by atoms with E-state index in [0.29, 0.717) is 18.4 Å². The molecular formula is C19H30N2O2. The van der Waals surface area contributed by atoms with Gasteiger partial charge in [0.05, 0.1) is 6.10 Å². The molecule has 1 saturated heterocycles. The Morgan fingerprint density at radius 2 is 1.96 bits per heavy atom. The second-order valence-corrected chi connectivity index (χ2v) is 6.95. The van der Waals surface area contributed by atoms with E-state index < -0.39 is 6.10 Å². The summed E-state index contributed by atoms with van der Waals surface area (Å²) in [6, 6.07) is 8.34. The average Bonchev–Trinajstić information content (AvgIpc) is 2.53. The van der Waals surface area contributed by atoms with Crippen molar-refractivity contribution in [3.8, 4) is 0 Å². The molecule has 0 unspecified atom stereocenters. The van der Waals surface area contributed by atoms with E-state index in [1.54, 1.807) is 0 Å². The predicted octanol–water partition coefficient (Wildman–Crippen LogP) is 2.66. The van der Waals surface area contributed by atoms with E-state index in [-0.39, 0.29) is 12.5 Å². The SMILES string of the molecule is Cc1ccccc1[C@H](O)CNC(=O)CC1CCN(C(C)C)CC1. The number of hydrogen-bond donors (Lipinski definition) is 2. The zero-order chi connectivity index (χ0) is 16.8. The number of aliphatic hydroxyl groups excluding tert-OH is 1. The van der Waals surface area contributed by atoms with Gasteiger partial charge in [-0.3, -0.25) is 4.79 Å². The van der Waals surface area contributed by atoms with E-state index in [9.17, 15) is 9.90 Å². The van der Waals surface area contributed by atoms with Crippen molar-refractivity contribution in [2.75, 3.05) is 19.6 Å². The molecule has 1 fully saturated rings. The number of rotatable bonds is 6. The van der Waals surface area contributed by atoms with E-state index in [4.69, 9.17) is 0 Å². The highest BCUT2D eigenvalue weighted by molar-refractivity contribution is 5.76. The highest BCUT2D eigenvalue weighted by Gasteiger charge is 2.23. The summed E-state index contributed by atoms with van der Waals surface area (Å²) in [7, 11) is 0. The van der Waals surface area contributed by atoms with Crippen LogP contribution in [0, 0.1) is 12.8 Å². The lowest BCUT2D eigenvalue weighted by Crippen LogP contribution is -2.40. The van der Waals surface area contributed by atoms with Crippen molar-refractivity contribution in [1.29, 1.82) is 0 Å². The second-order valence-electron chi connectivity index (χ2n) is 6.95. The number of hydrogen-bond acceptors (Lipinski definition) is 3. The lowest BCUT2D eigenvalue weighted by Gasteiger charge is -2.34. The number of piperidine rings is 1. The Kier molecular flexibility index (Phi) is 6.60. The number of benzene rings is 1. The zero-order valence-electron chi connectivity index (χ0n) is 14.6. The highest BCUT2D eigenvalue weighted by atomic mass is 16.3. The third-order valence-electron chi connectivity index (χ3n) is 4.89. The van der Waals surface area contributed by atoms with Crippen LogP contribution >= 0.6 is 0 Å². The van der Waals surface area contributed by atoms with Gasteiger partial charge in [-0.1, -0.05) is 24.3 Å². The topological polar surface area (TPSA) is 52.6 Å². The van der Waals surface area contributed by atoms with E-state index in [1.165, 1.54) is 0 Å². The van der Waals surface area contributed by atoms with Crippen molar-refractivity contribution in [3.05, 3.63) is 35.4 Å². The van der Waals surface area contributed by atoms with E-state index in [2.05, 4.69) is 24.1 Å². The molecular weight excluding hydrogens is 288 g/mol. The van der Waals surface area contributed by atoms with Crippen molar-refractivity contribution in [2.45, 2.75) is 52.2 Å². The Morgan fingerprint density at radius 3 is 2.57 bits per heavy atom. The molecule has 2 rings (SSSR count). The van der Waals surface area contributed by atoms with Gasteiger partial charge >= 0.3 is 0 Å². The van der Waals surface area contributed by atoms with Crippen LogP contribution in [0.4, 0.5) is 0 Å². The Labute approximate surface area is 139 Å². The summed E-state index contributed by atoms with van der Waals surface area (Å²) < 4.78 is 0. The summed E-state index contributed by atoms with van der Waals surface area (Å²) in [4.78, 5) is 14.6. The molecule has 0 bridgehead atoms. The van der Waals surface area contributed by atoms with Crippen LogP contribution < -0.4 is 5.32 Å². The first-order chi connectivity index (χ1) is 11.0. The van der Waals surface area contributed by atoms with E-state index in [1.807, 2.05) is 31.2 Å². The maximum absolute atomic E-state index is 12.1. The molecule has 128 valence electrons. The smallest absolute Gasteiger partial charge is 0.220 e. The molecule has 1 aliphatic rings. The molecule has 1 aliphatic heterocycles. The fourth-order valence-electron chi connectivity index (χ4n) is 3.29. The molecule has 1 aromatic rings. The molecule has 0 radical (unpaired) electrons. The van der Waals surface area contributed by atoms with Gasteiger partial charge in [0, 0.05) is 19.0 Å². The van der Waals surface area contributed by atoms with E-state index >= 15 is 0 Å². The Morgan fingerprint density at radius 1 is 1.30 bits per heavy atom. The minimum absolute atomic E-state index is 0.0561. The van der Waals surface area contributed by atoms with Crippen LogP contribution in [-0.2, 0) is 4.79 Å². The van der Waals surface area contributed by atoms with Crippen LogP contribution in [0.3, 0.4) is 0 Å². The van der Waals surface area contributed by atoms with Crippen molar-refractivity contribution in [1.82, 2.24) is 10.2 Å². The number of likely N-dealkylation sites (tertiary alicyclic amines) is 1. The zero-order valence-corrected chi connectivity index (χ0v) is 14.6. The summed E-state index contributed by atoms with van der Waals surface area (Å²) in [5.41, 5.74) is 1.94. The van der Waals surface area contributed by atoms with Crippen LogP contribution in [0.5, 0.6) is 0 Å². The molecule has 0 aliphatic carbocycles. The normalized spacial score (nSPS) is 18.1. The highest BCUT2D eigenvalue weighted by Crippen LogP contribution is 2.22. The number of carbonyl (C=O) groups excluding carboxylic acids is 1. The summed E-state index contributed by atoms with van der Waals surface area (Å²) in [6.45, 7) is 8.88. The summed E-state index contributed by atoms with van der Waals surface area (Å²) in [5, 5.41) is 13.1. The summed E-state index contributed by atoms with van der Waals surface area (Å²) in [5.74, 6) is 0.529. The molecule has 23 heavy (non-hydrogen) atoms. The molecule has 4 heteroatoms. The van der Waals surface area contributed by atoms with Crippen molar-refractivity contribution >= 4 is 5.91 Å². The first kappa shape index (κ1) is 18.0. The predicted molar refractivity (Wildman–Crippen MR) is 93.2 cm³/mol. The monoisotopic (exact) mass is 318 g/mol. The number of amides is 1. The molecule has 1 atom stereocenters. The second kappa shape index (κ2) is 8.46. The number of carbonyl (C=O) groups is 1. The van der Waals surface area contributed by atoms with Gasteiger partial charge in [0.2, 0.25) is 5.91 Å².